The molecule has 1 aliphatic heterocycles. The minimum absolute atomic E-state index is 0.0117. The van der Waals surface area contributed by atoms with Gasteiger partial charge in [0, 0.05) is 23.8 Å². The normalized spacial score (nSPS) is 45.7. The summed E-state index contributed by atoms with van der Waals surface area (Å²) in [5, 5.41) is 22.9. The van der Waals surface area contributed by atoms with Gasteiger partial charge in [-0.2, -0.15) is 0 Å². The maximum absolute atomic E-state index is 13.1. The average Bonchev–Trinajstić information content (AvgIpc) is 3.22. The average molecular weight is 360 g/mol. The molecule has 2 N–H and O–H groups in total. The van der Waals surface area contributed by atoms with Crippen molar-refractivity contribution in [3.8, 4) is 0 Å². The SMILES string of the molecule is C=C1CC[C@@]2(C)[C@](O)(CCC(=O)[C@]2(C)O)[C@@]12C[C@H](c1ccoc1)OC2=O. The predicted molar refractivity (Wildman–Crippen MR) is 90.9 cm³/mol. The van der Waals surface area contributed by atoms with Crippen molar-refractivity contribution >= 4 is 11.8 Å². The number of ketones is 1. The third kappa shape index (κ3) is 1.74. The molecule has 5 atom stereocenters. The molecule has 1 spiro atoms. The van der Waals surface area contributed by atoms with Gasteiger partial charge in [-0.05, 0) is 32.3 Å². The lowest BCUT2D eigenvalue weighted by atomic mass is 9.42. The highest BCUT2D eigenvalue weighted by molar-refractivity contribution is 5.92. The van der Waals surface area contributed by atoms with E-state index < -0.39 is 34.1 Å². The van der Waals surface area contributed by atoms with Crippen molar-refractivity contribution in [1.82, 2.24) is 0 Å². The molecular formula is C20H24O6. The Morgan fingerprint density at radius 3 is 2.58 bits per heavy atom. The van der Waals surface area contributed by atoms with Gasteiger partial charge in [0.05, 0.1) is 18.1 Å². The molecular weight excluding hydrogens is 336 g/mol. The number of ether oxygens (including phenoxy) is 1. The van der Waals surface area contributed by atoms with Gasteiger partial charge in [0.15, 0.2) is 5.78 Å². The number of Topliss-reactive ketones (excluding diaryl/α,β-unsaturated/α-hetero) is 1. The van der Waals surface area contributed by atoms with Crippen LogP contribution in [-0.4, -0.2) is 33.2 Å². The maximum Gasteiger partial charge on any atom is 0.319 e. The number of fused-ring (bicyclic) bond motifs is 2. The van der Waals surface area contributed by atoms with Crippen LogP contribution in [0.25, 0.3) is 0 Å². The second kappa shape index (κ2) is 5.08. The molecule has 6 nitrogen and oxygen atoms in total. The van der Waals surface area contributed by atoms with Gasteiger partial charge in [-0.3, -0.25) is 9.59 Å². The molecule has 3 aliphatic rings. The van der Waals surface area contributed by atoms with Gasteiger partial charge >= 0.3 is 5.97 Å². The number of carbonyl (C=O) groups is 2. The van der Waals surface area contributed by atoms with Gasteiger partial charge in [-0.15, -0.1) is 0 Å². The third-order valence-electron chi connectivity index (χ3n) is 7.48. The summed E-state index contributed by atoms with van der Waals surface area (Å²) >= 11 is 0. The molecule has 140 valence electrons. The fourth-order valence-corrected chi connectivity index (χ4v) is 5.47. The minimum atomic E-state index is -1.72. The number of esters is 1. The molecule has 0 radical (unpaired) electrons. The van der Waals surface area contributed by atoms with Crippen LogP contribution >= 0.6 is 0 Å². The summed E-state index contributed by atoms with van der Waals surface area (Å²) in [6, 6.07) is 1.73. The van der Waals surface area contributed by atoms with E-state index in [9.17, 15) is 19.8 Å². The Morgan fingerprint density at radius 2 is 1.92 bits per heavy atom. The number of aliphatic hydroxyl groups is 2. The van der Waals surface area contributed by atoms with E-state index in [1.807, 2.05) is 0 Å². The number of hydrogen-bond donors (Lipinski definition) is 2. The summed E-state index contributed by atoms with van der Waals surface area (Å²) in [6.45, 7) is 7.26. The number of cyclic esters (lactones) is 1. The Balaban J connectivity index is 1.86. The van der Waals surface area contributed by atoms with E-state index in [2.05, 4.69) is 6.58 Å². The molecule has 2 saturated carbocycles. The van der Waals surface area contributed by atoms with Crippen molar-refractivity contribution in [3.05, 3.63) is 36.3 Å². The maximum atomic E-state index is 13.1. The van der Waals surface area contributed by atoms with E-state index in [4.69, 9.17) is 9.15 Å². The van der Waals surface area contributed by atoms with Crippen LogP contribution in [0.4, 0.5) is 0 Å². The summed E-state index contributed by atoms with van der Waals surface area (Å²) in [7, 11) is 0. The van der Waals surface area contributed by atoms with Crippen LogP contribution in [0.5, 0.6) is 0 Å². The largest absolute Gasteiger partial charge is 0.472 e. The lowest BCUT2D eigenvalue weighted by Gasteiger charge is -2.63. The summed E-state index contributed by atoms with van der Waals surface area (Å²) in [4.78, 5) is 25.5. The Labute approximate surface area is 151 Å². The molecule has 1 aromatic heterocycles. The number of furan rings is 1. The standard InChI is InChI=1S/C20H24O6/c1-12-4-7-17(2)18(3,23)15(21)5-8-20(17,24)19(12)10-14(26-16(19)22)13-6-9-25-11-13/h6,9,11,14,23-24H,1,4-5,7-8,10H2,2-3H3/t14-,17-,18+,19+,20-/m1/s1. The molecule has 0 amide bonds. The summed E-state index contributed by atoms with van der Waals surface area (Å²) in [6.07, 6.45) is 3.64. The highest BCUT2D eigenvalue weighted by Gasteiger charge is 2.76. The lowest BCUT2D eigenvalue weighted by molar-refractivity contribution is -0.249. The third-order valence-corrected chi connectivity index (χ3v) is 7.48. The van der Waals surface area contributed by atoms with Gasteiger partial charge in [0.2, 0.25) is 0 Å². The van der Waals surface area contributed by atoms with Crippen molar-refractivity contribution in [2.24, 2.45) is 10.8 Å². The van der Waals surface area contributed by atoms with Crippen LogP contribution in [0, 0.1) is 10.8 Å². The molecule has 2 heterocycles. The van der Waals surface area contributed by atoms with E-state index in [0.717, 1.165) is 5.56 Å². The van der Waals surface area contributed by atoms with Crippen LogP contribution in [0.2, 0.25) is 0 Å². The first-order valence-corrected chi connectivity index (χ1v) is 9.00. The smallest absolute Gasteiger partial charge is 0.319 e. The number of carbonyl (C=O) groups excluding carboxylic acids is 2. The van der Waals surface area contributed by atoms with Crippen molar-refractivity contribution in [2.45, 2.75) is 63.3 Å². The van der Waals surface area contributed by atoms with Crippen molar-refractivity contribution in [2.75, 3.05) is 0 Å². The van der Waals surface area contributed by atoms with Gasteiger partial charge in [0.25, 0.3) is 0 Å². The number of hydrogen-bond acceptors (Lipinski definition) is 6. The first-order chi connectivity index (χ1) is 12.1. The van der Waals surface area contributed by atoms with E-state index in [-0.39, 0.29) is 25.0 Å². The zero-order valence-electron chi connectivity index (χ0n) is 15.1. The van der Waals surface area contributed by atoms with Crippen LogP contribution in [0.1, 0.15) is 57.6 Å². The minimum Gasteiger partial charge on any atom is -0.472 e. The van der Waals surface area contributed by atoms with Crippen LogP contribution < -0.4 is 0 Å². The molecule has 0 unspecified atom stereocenters. The fraction of sp³-hybridized carbons (Fsp3) is 0.600. The Kier molecular flexibility index (Phi) is 3.42. The van der Waals surface area contributed by atoms with Gasteiger partial charge < -0.3 is 19.4 Å². The molecule has 0 aromatic carbocycles. The summed E-state index contributed by atoms with van der Waals surface area (Å²) < 4.78 is 10.7. The Hall–Kier alpha value is -1.92. The highest BCUT2D eigenvalue weighted by Crippen LogP contribution is 2.68. The van der Waals surface area contributed by atoms with Gasteiger partial charge in [-0.1, -0.05) is 19.1 Å². The molecule has 1 aromatic rings. The second-order valence-electron chi connectivity index (χ2n) is 8.35. The molecule has 4 rings (SSSR count). The van der Waals surface area contributed by atoms with Gasteiger partial charge in [0.1, 0.15) is 17.1 Å². The van der Waals surface area contributed by atoms with Crippen molar-refractivity contribution in [1.29, 1.82) is 0 Å². The fourth-order valence-electron chi connectivity index (χ4n) is 5.47. The van der Waals surface area contributed by atoms with Crippen molar-refractivity contribution < 1.29 is 29.0 Å². The monoisotopic (exact) mass is 360 g/mol. The van der Waals surface area contributed by atoms with Gasteiger partial charge in [-0.25, -0.2) is 0 Å². The lowest BCUT2D eigenvalue weighted by Crippen LogP contribution is -2.74. The zero-order valence-corrected chi connectivity index (χ0v) is 15.1. The highest BCUT2D eigenvalue weighted by atomic mass is 16.6. The Bertz CT molecular complexity index is 793. The van der Waals surface area contributed by atoms with Crippen LogP contribution in [0.15, 0.2) is 35.2 Å². The molecule has 1 saturated heterocycles. The first-order valence-electron chi connectivity index (χ1n) is 9.00. The topological polar surface area (TPSA) is 97.0 Å². The van der Waals surface area contributed by atoms with Crippen molar-refractivity contribution in [3.63, 3.8) is 0 Å². The van der Waals surface area contributed by atoms with Crippen LogP contribution in [0.3, 0.4) is 0 Å². The first kappa shape index (κ1) is 17.5. The molecule has 0 bridgehead atoms. The van der Waals surface area contributed by atoms with Crippen LogP contribution in [-0.2, 0) is 14.3 Å². The summed E-state index contributed by atoms with van der Waals surface area (Å²) in [5.74, 6) is -0.836. The molecule has 3 fully saturated rings. The quantitative estimate of drug-likeness (QED) is 0.590. The predicted octanol–water partition coefficient (Wildman–Crippen LogP) is 2.46. The molecule has 26 heavy (non-hydrogen) atoms. The zero-order chi connectivity index (χ0) is 19.0. The van der Waals surface area contributed by atoms with E-state index in [1.54, 1.807) is 13.0 Å². The van der Waals surface area contributed by atoms with E-state index in [1.165, 1.54) is 19.5 Å². The molecule has 2 aliphatic carbocycles. The Morgan fingerprint density at radius 1 is 1.19 bits per heavy atom. The second-order valence-corrected chi connectivity index (χ2v) is 8.35. The van der Waals surface area contributed by atoms with E-state index in [0.29, 0.717) is 18.4 Å². The number of rotatable bonds is 1. The summed E-state index contributed by atoms with van der Waals surface area (Å²) in [5.41, 5.74) is -4.51. The van der Waals surface area contributed by atoms with E-state index >= 15 is 0 Å². The molecule has 6 heteroatoms.